The van der Waals surface area contributed by atoms with E-state index in [1.807, 2.05) is 27.2 Å². The first-order valence-corrected chi connectivity index (χ1v) is 6.87. The summed E-state index contributed by atoms with van der Waals surface area (Å²) in [5, 5.41) is 4.61. The topological polar surface area (TPSA) is 38.1 Å². The summed E-state index contributed by atoms with van der Waals surface area (Å²) in [5.74, 6) is 0.626. The van der Waals surface area contributed by atoms with Gasteiger partial charge < -0.3 is 4.90 Å². The van der Waals surface area contributed by atoms with Crippen LogP contribution in [0.5, 0.6) is 0 Å². The van der Waals surface area contributed by atoms with E-state index in [2.05, 4.69) is 5.10 Å². The van der Waals surface area contributed by atoms with Gasteiger partial charge in [-0.25, -0.2) is 0 Å². The van der Waals surface area contributed by atoms with E-state index in [0.29, 0.717) is 11.3 Å². The molecule has 1 saturated carbocycles. The molecule has 0 aliphatic heterocycles. The fraction of sp³-hybridized carbons (Fsp3) is 0.692. The zero-order valence-corrected chi connectivity index (χ0v) is 11.9. The zero-order chi connectivity index (χ0) is 13.3. The van der Waals surface area contributed by atoms with E-state index >= 15 is 0 Å². The lowest BCUT2D eigenvalue weighted by molar-refractivity contribution is 0.0746. The molecule has 4 nitrogen and oxygen atoms in total. The molecule has 1 fully saturated rings. The van der Waals surface area contributed by atoms with E-state index in [0.717, 1.165) is 37.1 Å². The van der Waals surface area contributed by atoms with E-state index in [-0.39, 0.29) is 5.91 Å². The van der Waals surface area contributed by atoms with Gasteiger partial charge in [0.1, 0.15) is 0 Å². The molecular formula is C13H20ClN3O. The summed E-state index contributed by atoms with van der Waals surface area (Å²) in [5.41, 5.74) is 1.60. The van der Waals surface area contributed by atoms with E-state index in [1.54, 1.807) is 9.58 Å². The molecule has 2 rings (SSSR count). The van der Waals surface area contributed by atoms with Crippen molar-refractivity contribution in [2.45, 2.75) is 31.6 Å². The average Bonchev–Trinajstić information content (AvgIpc) is 2.67. The molecule has 1 aliphatic carbocycles. The van der Waals surface area contributed by atoms with E-state index < -0.39 is 0 Å². The molecule has 0 N–H and O–H groups in total. The van der Waals surface area contributed by atoms with Crippen LogP contribution < -0.4 is 0 Å². The highest BCUT2D eigenvalue weighted by atomic mass is 35.5. The highest BCUT2D eigenvalue weighted by Gasteiger charge is 2.30. The predicted octanol–water partition coefficient (Wildman–Crippen LogP) is 2.07. The second-order valence-corrected chi connectivity index (χ2v) is 5.75. The largest absolute Gasteiger partial charge is 0.341 e. The third-order valence-electron chi connectivity index (χ3n) is 3.53. The quantitative estimate of drug-likeness (QED) is 0.785. The second kappa shape index (κ2) is 5.31. The minimum absolute atomic E-state index is 0.0676. The van der Waals surface area contributed by atoms with Crippen LogP contribution in [0.3, 0.4) is 0 Å². The molecule has 5 heteroatoms. The van der Waals surface area contributed by atoms with Gasteiger partial charge in [-0.15, -0.1) is 11.6 Å². The van der Waals surface area contributed by atoms with Gasteiger partial charge in [-0.3, -0.25) is 9.48 Å². The van der Waals surface area contributed by atoms with Crippen LogP contribution in [0, 0.1) is 5.92 Å². The normalized spacial score (nSPS) is 22.7. The SMILES string of the molecule is CCc1nn(C)cc1C(=O)N(C)CC1CC(Cl)C1. The van der Waals surface area contributed by atoms with Gasteiger partial charge >= 0.3 is 0 Å². The van der Waals surface area contributed by atoms with Crippen LogP contribution in [0.15, 0.2) is 6.20 Å². The van der Waals surface area contributed by atoms with Gasteiger partial charge in [0.2, 0.25) is 0 Å². The highest BCUT2D eigenvalue weighted by molar-refractivity contribution is 6.21. The van der Waals surface area contributed by atoms with Gasteiger partial charge in [0.25, 0.3) is 5.91 Å². The molecule has 100 valence electrons. The number of nitrogens with zero attached hydrogens (tertiary/aromatic N) is 3. The van der Waals surface area contributed by atoms with Crippen molar-refractivity contribution < 1.29 is 4.79 Å². The number of hydrogen-bond acceptors (Lipinski definition) is 2. The van der Waals surface area contributed by atoms with Crippen molar-refractivity contribution in [2.75, 3.05) is 13.6 Å². The Morgan fingerprint density at radius 2 is 2.28 bits per heavy atom. The fourth-order valence-corrected chi connectivity index (χ4v) is 2.96. The molecule has 0 aromatic carbocycles. The van der Waals surface area contributed by atoms with Crippen molar-refractivity contribution in [3.63, 3.8) is 0 Å². The summed E-state index contributed by atoms with van der Waals surface area (Å²) in [4.78, 5) is 14.1. The van der Waals surface area contributed by atoms with Crippen LogP contribution >= 0.6 is 11.6 Å². The van der Waals surface area contributed by atoms with Crippen molar-refractivity contribution >= 4 is 17.5 Å². The van der Waals surface area contributed by atoms with Crippen molar-refractivity contribution in [1.82, 2.24) is 14.7 Å². The van der Waals surface area contributed by atoms with Gasteiger partial charge in [-0.2, -0.15) is 5.10 Å². The number of amides is 1. The Hall–Kier alpha value is -1.03. The number of carbonyl (C=O) groups is 1. The van der Waals surface area contributed by atoms with Crippen molar-refractivity contribution in [3.05, 3.63) is 17.5 Å². The molecular weight excluding hydrogens is 250 g/mol. The summed E-state index contributed by atoms with van der Waals surface area (Å²) >= 11 is 5.96. The Balaban J connectivity index is 2.01. The Labute approximate surface area is 113 Å². The molecule has 0 atom stereocenters. The molecule has 0 radical (unpaired) electrons. The minimum Gasteiger partial charge on any atom is -0.341 e. The van der Waals surface area contributed by atoms with Gasteiger partial charge in [0.05, 0.1) is 11.3 Å². The molecule has 1 aromatic heterocycles. The number of aryl methyl sites for hydroxylation is 2. The third kappa shape index (κ3) is 2.69. The number of hydrogen-bond donors (Lipinski definition) is 0. The lowest BCUT2D eigenvalue weighted by Crippen LogP contribution is -2.38. The predicted molar refractivity (Wildman–Crippen MR) is 71.9 cm³/mol. The Morgan fingerprint density at radius 3 is 2.83 bits per heavy atom. The molecule has 1 amide bonds. The molecule has 1 aliphatic rings. The second-order valence-electron chi connectivity index (χ2n) is 5.14. The maximum absolute atomic E-state index is 12.3. The molecule has 1 heterocycles. The van der Waals surface area contributed by atoms with Crippen LogP contribution in [0.25, 0.3) is 0 Å². The summed E-state index contributed by atoms with van der Waals surface area (Å²) in [6.45, 7) is 2.81. The number of alkyl halides is 1. The van der Waals surface area contributed by atoms with Crippen LogP contribution in [0.4, 0.5) is 0 Å². The van der Waals surface area contributed by atoms with E-state index in [9.17, 15) is 4.79 Å². The summed E-state index contributed by atoms with van der Waals surface area (Å²) in [6.07, 6.45) is 4.63. The first kappa shape index (κ1) is 13.4. The third-order valence-corrected chi connectivity index (χ3v) is 3.88. The molecule has 0 bridgehead atoms. The summed E-state index contributed by atoms with van der Waals surface area (Å²) in [6, 6.07) is 0. The smallest absolute Gasteiger partial charge is 0.257 e. The molecule has 0 unspecified atom stereocenters. The molecule has 18 heavy (non-hydrogen) atoms. The van der Waals surface area contributed by atoms with Crippen molar-refractivity contribution in [3.8, 4) is 0 Å². The zero-order valence-electron chi connectivity index (χ0n) is 11.2. The average molecular weight is 270 g/mol. The van der Waals surface area contributed by atoms with Crippen LogP contribution in [-0.4, -0.2) is 39.6 Å². The number of aromatic nitrogens is 2. The maximum atomic E-state index is 12.3. The van der Waals surface area contributed by atoms with Crippen molar-refractivity contribution in [2.24, 2.45) is 13.0 Å². The maximum Gasteiger partial charge on any atom is 0.257 e. The molecule has 0 saturated heterocycles. The summed E-state index contributed by atoms with van der Waals surface area (Å²) in [7, 11) is 3.70. The van der Waals surface area contributed by atoms with Crippen LogP contribution in [0.2, 0.25) is 0 Å². The Bertz CT molecular complexity index is 437. The van der Waals surface area contributed by atoms with Crippen LogP contribution in [0.1, 0.15) is 35.8 Å². The molecule has 1 aromatic rings. The van der Waals surface area contributed by atoms with E-state index in [1.165, 1.54) is 0 Å². The van der Waals surface area contributed by atoms with Crippen molar-refractivity contribution in [1.29, 1.82) is 0 Å². The Kier molecular flexibility index (Phi) is 3.95. The first-order valence-electron chi connectivity index (χ1n) is 6.43. The number of rotatable bonds is 4. The minimum atomic E-state index is 0.0676. The lowest BCUT2D eigenvalue weighted by Gasteiger charge is -2.34. The highest BCUT2D eigenvalue weighted by Crippen LogP contribution is 2.32. The van der Waals surface area contributed by atoms with Gasteiger partial charge in [-0.1, -0.05) is 6.92 Å². The lowest BCUT2D eigenvalue weighted by atomic mass is 9.84. The number of halogens is 1. The van der Waals surface area contributed by atoms with E-state index in [4.69, 9.17) is 11.6 Å². The monoisotopic (exact) mass is 269 g/mol. The summed E-state index contributed by atoms with van der Waals surface area (Å²) < 4.78 is 1.71. The van der Waals surface area contributed by atoms with Gasteiger partial charge in [0, 0.05) is 32.2 Å². The van der Waals surface area contributed by atoms with Crippen LogP contribution in [-0.2, 0) is 13.5 Å². The Morgan fingerprint density at radius 1 is 1.61 bits per heavy atom. The fourth-order valence-electron chi connectivity index (χ4n) is 2.45. The van der Waals surface area contributed by atoms with Gasteiger partial charge in [0.15, 0.2) is 0 Å². The molecule has 0 spiro atoms. The standard InChI is InChI=1S/C13H20ClN3O/c1-4-12-11(8-17(3)15-12)13(18)16(2)7-9-5-10(14)6-9/h8-10H,4-7H2,1-3H3. The number of carbonyl (C=O) groups excluding carboxylic acids is 1. The first-order chi connectivity index (χ1) is 8.51. The van der Waals surface area contributed by atoms with Gasteiger partial charge in [-0.05, 0) is 25.2 Å².